The molecule has 2 heteroatoms. The molecular weight excluding hydrogens is 230 g/mol. The van der Waals surface area contributed by atoms with Crippen LogP contribution >= 0.6 is 0 Å². The first-order chi connectivity index (χ1) is 8.58. The molecule has 0 aliphatic carbocycles. The van der Waals surface area contributed by atoms with Gasteiger partial charge in [0.25, 0.3) is 0 Å². The Morgan fingerprint density at radius 3 is 1.56 bits per heavy atom. The van der Waals surface area contributed by atoms with Gasteiger partial charge in [-0.05, 0) is 47.9 Å². The number of aryl methyl sites for hydroxylation is 2. The molecule has 0 aromatic heterocycles. The van der Waals surface area contributed by atoms with Crippen LogP contribution in [0.5, 0.6) is 0 Å². The van der Waals surface area contributed by atoms with E-state index in [-0.39, 0.29) is 11.6 Å². The predicted octanol–water partition coefficient (Wildman–Crippen LogP) is 4.89. The van der Waals surface area contributed by atoms with Crippen molar-refractivity contribution in [2.24, 2.45) is 0 Å². The normalized spacial score (nSPS) is 11.3. The zero-order valence-corrected chi connectivity index (χ0v) is 10.2. The van der Waals surface area contributed by atoms with E-state index in [1.54, 1.807) is 32.0 Å². The molecule has 0 saturated heterocycles. The molecule has 0 saturated carbocycles. The van der Waals surface area contributed by atoms with Crippen LogP contribution in [0.25, 0.3) is 21.5 Å². The number of hydrogen-bond acceptors (Lipinski definition) is 0. The Morgan fingerprint density at radius 1 is 0.667 bits per heavy atom. The van der Waals surface area contributed by atoms with Crippen molar-refractivity contribution < 1.29 is 8.78 Å². The lowest BCUT2D eigenvalue weighted by Crippen LogP contribution is -1.89. The fraction of sp³-hybridized carbons (Fsp3) is 0.125. The van der Waals surface area contributed by atoms with Crippen molar-refractivity contribution in [3.63, 3.8) is 0 Å². The van der Waals surface area contributed by atoms with E-state index in [2.05, 4.69) is 0 Å². The summed E-state index contributed by atoms with van der Waals surface area (Å²) in [6.45, 7) is 3.43. The lowest BCUT2D eigenvalue weighted by molar-refractivity contribution is 0.628. The SMILES string of the molecule is Cc1ccc2cc3ccc(C)c(F)c3cc2c1F. The van der Waals surface area contributed by atoms with Crippen molar-refractivity contribution in [2.45, 2.75) is 13.8 Å². The van der Waals surface area contributed by atoms with Crippen molar-refractivity contribution in [3.05, 3.63) is 59.2 Å². The molecule has 0 aliphatic rings. The molecule has 0 spiro atoms. The van der Waals surface area contributed by atoms with Gasteiger partial charge in [-0.25, -0.2) is 8.78 Å². The highest BCUT2D eigenvalue weighted by Gasteiger charge is 2.09. The van der Waals surface area contributed by atoms with Crippen molar-refractivity contribution in [3.8, 4) is 0 Å². The molecule has 0 aliphatic heterocycles. The fourth-order valence-corrected chi connectivity index (χ4v) is 2.29. The topological polar surface area (TPSA) is 0 Å². The van der Waals surface area contributed by atoms with Crippen LogP contribution in [0.3, 0.4) is 0 Å². The molecule has 90 valence electrons. The van der Waals surface area contributed by atoms with E-state index >= 15 is 0 Å². The second-order valence-electron chi connectivity index (χ2n) is 4.69. The molecule has 0 N–H and O–H groups in total. The van der Waals surface area contributed by atoms with E-state index < -0.39 is 0 Å². The van der Waals surface area contributed by atoms with E-state index in [0.717, 1.165) is 10.8 Å². The minimum atomic E-state index is -0.268. The highest BCUT2D eigenvalue weighted by Crippen LogP contribution is 2.29. The summed E-state index contributed by atoms with van der Waals surface area (Å²) in [5.41, 5.74) is 1.16. The van der Waals surface area contributed by atoms with Crippen LogP contribution in [0, 0.1) is 25.5 Å². The zero-order chi connectivity index (χ0) is 12.9. The van der Waals surface area contributed by atoms with Crippen molar-refractivity contribution >= 4 is 21.5 Å². The maximum atomic E-state index is 14.0. The number of fused-ring (bicyclic) bond motifs is 2. The predicted molar refractivity (Wildman–Crippen MR) is 70.8 cm³/mol. The van der Waals surface area contributed by atoms with Gasteiger partial charge in [0.15, 0.2) is 0 Å². The third-order valence-electron chi connectivity index (χ3n) is 3.41. The highest BCUT2D eigenvalue weighted by molar-refractivity contribution is 5.99. The van der Waals surface area contributed by atoms with Crippen LogP contribution < -0.4 is 0 Å². The monoisotopic (exact) mass is 242 g/mol. The Kier molecular flexibility index (Phi) is 2.34. The standard InChI is InChI=1S/C16H12F2/c1-9-3-5-11-7-12-6-4-10(2)16(18)14(12)8-13(11)15(9)17/h3-8H,1-2H3. The summed E-state index contributed by atoms with van der Waals surface area (Å²) in [6, 6.07) is 10.7. The largest absolute Gasteiger partial charge is 0.206 e. The summed E-state index contributed by atoms with van der Waals surface area (Å²) in [7, 11) is 0. The van der Waals surface area contributed by atoms with Gasteiger partial charge in [0, 0.05) is 10.8 Å². The number of halogens is 2. The van der Waals surface area contributed by atoms with Crippen molar-refractivity contribution in [1.82, 2.24) is 0 Å². The first-order valence-corrected chi connectivity index (χ1v) is 5.85. The van der Waals surface area contributed by atoms with Crippen molar-refractivity contribution in [2.75, 3.05) is 0 Å². The summed E-state index contributed by atoms with van der Waals surface area (Å²) in [4.78, 5) is 0. The molecular formula is C16H12F2. The Morgan fingerprint density at radius 2 is 1.11 bits per heavy atom. The third kappa shape index (κ3) is 1.49. The van der Waals surface area contributed by atoms with Crippen LogP contribution in [-0.2, 0) is 0 Å². The molecule has 0 fully saturated rings. The fourth-order valence-electron chi connectivity index (χ4n) is 2.29. The van der Waals surface area contributed by atoms with Crippen LogP contribution in [0.2, 0.25) is 0 Å². The van der Waals surface area contributed by atoms with Gasteiger partial charge < -0.3 is 0 Å². The maximum absolute atomic E-state index is 14.0. The molecule has 3 aromatic carbocycles. The molecule has 0 heterocycles. The van der Waals surface area contributed by atoms with Gasteiger partial charge in [-0.2, -0.15) is 0 Å². The van der Waals surface area contributed by atoms with E-state index in [0.29, 0.717) is 21.9 Å². The van der Waals surface area contributed by atoms with E-state index in [1.165, 1.54) is 0 Å². The lowest BCUT2D eigenvalue weighted by Gasteiger charge is -2.07. The smallest absolute Gasteiger partial charge is 0.133 e. The summed E-state index contributed by atoms with van der Waals surface area (Å²) in [5.74, 6) is -0.536. The second-order valence-corrected chi connectivity index (χ2v) is 4.69. The van der Waals surface area contributed by atoms with Crippen LogP contribution in [0.1, 0.15) is 11.1 Å². The molecule has 0 unspecified atom stereocenters. The zero-order valence-electron chi connectivity index (χ0n) is 10.2. The van der Waals surface area contributed by atoms with Gasteiger partial charge in [-0.3, -0.25) is 0 Å². The Balaban J connectivity index is 2.52. The lowest BCUT2D eigenvalue weighted by atomic mass is 9.99. The van der Waals surface area contributed by atoms with Gasteiger partial charge in [0.2, 0.25) is 0 Å². The molecule has 0 atom stereocenters. The molecule has 18 heavy (non-hydrogen) atoms. The van der Waals surface area contributed by atoms with E-state index in [4.69, 9.17) is 0 Å². The van der Waals surface area contributed by atoms with Crippen molar-refractivity contribution in [1.29, 1.82) is 0 Å². The number of rotatable bonds is 0. The van der Waals surface area contributed by atoms with Gasteiger partial charge >= 0.3 is 0 Å². The minimum Gasteiger partial charge on any atom is -0.206 e. The van der Waals surface area contributed by atoms with Crippen LogP contribution in [0.15, 0.2) is 36.4 Å². The summed E-state index contributed by atoms with van der Waals surface area (Å²) in [6.07, 6.45) is 0. The highest BCUT2D eigenvalue weighted by atomic mass is 19.1. The van der Waals surface area contributed by atoms with Crippen LogP contribution in [0.4, 0.5) is 8.78 Å². The summed E-state index contributed by atoms with van der Waals surface area (Å²) in [5, 5.41) is 2.56. The van der Waals surface area contributed by atoms with Crippen LogP contribution in [-0.4, -0.2) is 0 Å². The molecule has 0 nitrogen and oxygen atoms in total. The second kappa shape index (κ2) is 3.77. The average Bonchev–Trinajstić information content (AvgIpc) is 2.37. The Labute approximate surface area is 104 Å². The first-order valence-electron chi connectivity index (χ1n) is 5.85. The van der Waals surface area contributed by atoms with Gasteiger partial charge in [-0.15, -0.1) is 0 Å². The summed E-state index contributed by atoms with van der Waals surface area (Å²) < 4.78 is 28.1. The molecule has 3 aromatic rings. The molecule has 0 bridgehead atoms. The van der Waals surface area contributed by atoms with E-state index in [1.807, 2.05) is 18.2 Å². The maximum Gasteiger partial charge on any atom is 0.133 e. The third-order valence-corrected chi connectivity index (χ3v) is 3.41. The molecule has 0 radical (unpaired) electrons. The van der Waals surface area contributed by atoms with Gasteiger partial charge in [0.1, 0.15) is 11.6 Å². The average molecular weight is 242 g/mol. The number of benzene rings is 3. The quantitative estimate of drug-likeness (QED) is 0.492. The Hall–Kier alpha value is -1.96. The minimum absolute atomic E-state index is 0.268. The van der Waals surface area contributed by atoms with Gasteiger partial charge in [0.05, 0.1) is 0 Å². The summed E-state index contributed by atoms with van der Waals surface area (Å²) >= 11 is 0. The number of hydrogen-bond donors (Lipinski definition) is 0. The van der Waals surface area contributed by atoms with Gasteiger partial charge in [-0.1, -0.05) is 24.3 Å². The first kappa shape index (κ1) is 11.1. The Bertz CT molecular complexity index is 710. The van der Waals surface area contributed by atoms with E-state index in [9.17, 15) is 8.78 Å². The molecule has 3 rings (SSSR count). The molecule has 0 amide bonds.